The Hall–Kier alpha value is -4.13. The molecule has 0 aliphatic carbocycles. The average molecular weight is 594 g/mol. The summed E-state index contributed by atoms with van der Waals surface area (Å²) < 4.78 is 20.6. The maximum absolute atomic E-state index is 14.9. The number of thiocarbonyl (C=S) groups is 1. The van der Waals surface area contributed by atoms with E-state index in [9.17, 15) is 14.0 Å². The van der Waals surface area contributed by atoms with Gasteiger partial charge in [-0.2, -0.15) is 0 Å². The number of benzene rings is 2. The number of nitrogens with zero attached hydrogens (tertiary/aromatic N) is 4. The van der Waals surface area contributed by atoms with Crippen LogP contribution in [0.15, 0.2) is 66.9 Å². The number of ether oxygens (including phenoxy) is 1. The molecule has 2 heterocycles. The number of hydrogen-bond acceptors (Lipinski definition) is 7. The standard InChI is InChI=1S/C30H36FN7O3S/c1-36(2)15-16-37-13-6-14-38(18-17-37)30(40)34-27-21-24(11-12-32-27)41-26-10-9-23(20-25(26)31)33-29(42)35-28(39)19-22-7-4-3-5-8-22/h3-5,7-12,20-21H,6,13-19H2,1-2H3,(H,32,34,40)(H2,33,35,39,42). The SMILES string of the molecule is CN(C)CCN1CCCN(C(=O)Nc2cc(Oc3ccc(NC(=S)NC(=O)Cc4ccccc4)cc3F)ccn2)CC1. The van der Waals surface area contributed by atoms with Gasteiger partial charge < -0.3 is 30.1 Å². The molecule has 0 atom stereocenters. The smallest absolute Gasteiger partial charge is 0.323 e. The molecule has 1 fully saturated rings. The highest BCUT2D eigenvalue weighted by molar-refractivity contribution is 7.80. The van der Waals surface area contributed by atoms with Crippen molar-refractivity contribution in [3.05, 3.63) is 78.2 Å². The van der Waals surface area contributed by atoms with Crippen LogP contribution in [-0.2, 0) is 11.2 Å². The number of hydrogen-bond donors (Lipinski definition) is 3. The fraction of sp³-hybridized carbons (Fsp3) is 0.333. The number of carbonyl (C=O) groups excluding carboxylic acids is 2. The van der Waals surface area contributed by atoms with Gasteiger partial charge >= 0.3 is 6.03 Å². The number of halogens is 1. The normalized spacial score (nSPS) is 13.8. The Morgan fingerprint density at radius 1 is 1.02 bits per heavy atom. The third-order valence-electron chi connectivity index (χ3n) is 6.58. The molecule has 1 aromatic heterocycles. The molecule has 0 bridgehead atoms. The first-order valence-corrected chi connectivity index (χ1v) is 14.2. The van der Waals surface area contributed by atoms with E-state index < -0.39 is 5.82 Å². The highest BCUT2D eigenvalue weighted by atomic mass is 32.1. The van der Waals surface area contributed by atoms with Crippen molar-refractivity contribution in [2.75, 3.05) is 64.0 Å². The molecule has 1 saturated heterocycles. The lowest BCUT2D eigenvalue weighted by Crippen LogP contribution is -2.39. The van der Waals surface area contributed by atoms with E-state index >= 15 is 0 Å². The van der Waals surface area contributed by atoms with Crippen LogP contribution < -0.4 is 20.7 Å². The molecule has 12 heteroatoms. The number of nitrogens with one attached hydrogen (secondary N) is 3. The third-order valence-corrected chi connectivity index (χ3v) is 6.79. The number of likely N-dealkylation sites (N-methyl/N-ethyl adjacent to an activating group) is 1. The fourth-order valence-corrected chi connectivity index (χ4v) is 4.61. The van der Waals surface area contributed by atoms with Crippen molar-refractivity contribution in [1.29, 1.82) is 0 Å². The first-order valence-electron chi connectivity index (χ1n) is 13.8. The molecule has 3 N–H and O–H groups in total. The van der Waals surface area contributed by atoms with Crippen molar-refractivity contribution in [3.63, 3.8) is 0 Å². The number of urea groups is 1. The Balaban J connectivity index is 1.28. The summed E-state index contributed by atoms with van der Waals surface area (Å²) in [4.78, 5) is 35.6. The van der Waals surface area contributed by atoms with Crippen LogP contribution in [0.4, 0.5) is 20.7 Å². The monoisotopic (exact) mass is 593 g/mol. The molecule has 2 aromatic carbocycles. The summed E-state index contributed by atoms with van der Waals surface area (Å²) in [5.74, 6) is -0.314. The zero-order valence-electron chi connectivity index (χ0n) is 23.8. The van der Waals surface area contributed by atoms with E-state index in [0.717, 1.165) is 38.2 Å². The van der Waals surface area contributed by atoms with E-state index in [0.29, 0.717) is 30.3 Å². The Kier molecular flexibility index (Phi) is 11.2. The van der Waals surface area contributed by atoms with Crippen molar-refractivity contribution in [2.24, 2.45) is 0 Å². The molecule has 0 radical (unpaired) electrons. The molecular weight excluding hydrogens is 557 g/mol. The summed E-state index contributed by atoms with van der Waals surface area (Å²) in [6, 6.07) is 16.4. The first kappa shape index (κ1) is 30.8. The van der Waals surface area contributed by atoms with Crippen LogP contribution in [0, 0.1) is 5.82 Å². The van der Waals surface area contributed by atoms with Crippen molar-refractivity contribution in [1.82, 2.24) is 25.0 Å². The van der Waals surface area contributed by atoms with Gasteiger partial charge in [0, 0.05) is 56.7 Å². The van der Waals surface area contributed by atoms with Gasteiger partial charge in [0.1, 0.15) is 11.6 Å². The zero-order valence-corrected chi connectivity index (χ0v) is 24.6. The average Bonchev–Trinajstić information content (AvgIpc) is 3.20. The predicted molar refractivity (Wildman–Crippen MR) is 165 cm³/mol. The maximum atomic E-state index is 14.9. The van der Waals surface area contributed by atoms with Gasteiger partial charge in [-0.3, -0.25) is 10.1 Å². The fourth-order valence-electron chi connectivity index (χ4n) is 4.37. The highest BCUT2D eigenvalue weighted by Gasteiger charge is 2.20. The van der Waals surface area contributed by atoms with Gasteiger partial charge in [0.15, 0.2) is 16.7 Å². The largest absolute Gasteiger partial charge is 0.454 e. The molecule has 1 aliphatic heterocycles. The van der Waals surface area contributed by atoms with Gasteiger partial charge in [-0.25, -0.2) is 14.2 Å². The van der Waals surface area contributed by atoms with E-state index in [1.807, 2.05) is 30.3 Å². The molecule has 10 nitrogen and oxygen atoms in total. The molecule has 222 valence electrons. The molecule has 3 aromatic rings. The number of carbonyl (C=O) groups is 2. The van der Waals surface area contributed by atoms with Gasteiger partial charge in [-0.1, -0.05) is 30.3 Å². The van der Waals surface area contributed by atoms with Crippen molar-refractivity contribution < 1.29 is 18.7 Å². The Bertz CT molecular complexity index is 1380. The highest BCUT2D eigenvalue weighted by Crippen LogP contribution is 2.27. The van der Waals surface area contributed by atoms with Gasteiger partial charge in [-0.15, -0.1) is 0 Å². The van der Waals surface area contributed by atoms with E-state index in [1.165, 1.54) is 18.3 Å². The van der Waals surface area contributed by atoms with Crippen LogP contribution in [0.1, 0.15) is 12.0 Å². The quantitative estimate of drug-likeness (QED) is 0.318. The van der Waals surface area contributed by atoms with Crippen LogP contribution in [0.5, 0.6) is 11.5 Å². The van der Waals surface area contributed by atoms with Crippen LogP contribution in [0.2, 0.25) is 0 Å². The third kappa shape index (κ3) is 9.75. The zero-order chi connectivity index (χ0) is 29.9. The van der Waals surface area contributed by atoms with Crippen LogP contribution in [-0.4, -0.2) is 90.1 Å². The van der Waals surface area contributed by atoms with Gasteiger partial charge in [0.05, 0.1) is 6.42 Å². The van der Waals surface area contributed by atoms with E-state index in [4.69, 9.17) is 17.0 Å². The van der Waals surface area contributed by atoms with Crippen molar-refractivity contribution in [3.8, 4) is 11.5 Å². The molecule has 0 saturated carbocycles. The minimum absolute atomic E-state index is 0.0200. The second-order valence-corrected chi connectivity index (χ2v) is 10.6. The molecule has 0 unspecified atom stereocenters. The summed E-state index contributed by atoms with van der Waals surface area (Å²) in [6.07, 6.45) is 2.55. The molecule has 0 spiro atoms. The second kappa shape index (κ2) is 15.2. The van der Waals surface area contributed by atoms with Crippen LogP contribution >= 0.6 is 12.2 Å². The number of amides is 3. The van der Waals surface area contributed by atoms with Crippen LogP contribution in [0.25, 0.3) is 0 Å². The minimum Gasteiger partial charge on any atom is -0.454 e. The number of anilines is 2. The summed E-state index contributed by atoms with van der Waals surface area (Å²) >= 11 is 5.19. The topological polar surface area (TPSA) is 102 Å². The summed E-state index contributed by atoms with van der Waals surface area (Å²) in [6.45, 7) is 4.99. The predicted octanol–water partition coefficient (Wildman–Crippen LogP) is 4.17. The molecule has 1 aliphatic rings. The number of rotatable bonds is 9. The lowest BCUT2D eigenvalue weighted by atomic mass is 10.1. The first-order chi connectivity index (χ1) is 20.2. The summed E-state index contributed by atoms with van der Waals surface area (Å²) in [5.41, 5.74) is 1.21. The molecule has 3 amide bonds. The van der Waals surface area contributed by atoms with E-state index in [-0.39, 0.29) is 29.2 Å². The van der Waals surface area contributed by atoms with Gasteiger partial charge in [0.2, 0.25) is 5.91 Å². The minimum atomic E-state index is -0.635. The Labute approximate surface area is 250 Å². The van der Waals surface area contributed by atoms with Gasteiger partial charge in [0.25, 0.3) is 0 Å². The lowest BCUT2D eigenvalue weighted by molar-refractivity contribution is -0.119. The summed E-state index contributed by atoms with van der Waals surface area (Å²) in [5, 5.41) is 8.28. The van der Waals surface area contributed by atoms with E-state index in [2.05, 4.69) is 44.8 Å². The van der Waals surface area contributed by atoms with Crippen molar-refractivity contribution >= 4 is 40.8 Å². The Morgan fingerprint density at radius 3 is 2.60 bits per heavy atom. The molecule has 42 heavy (non-hydrogen) atoms. The lowest BCUT2D eigenvalue weighted by Gasteiger charge is -2.23. The second-order valence-electron chi connectivity index (χ2n) is 10.2. The maximum Gasteiger partial charge on any atom is 0.323 e. The van der Waals surface area contributed by atoms with E-state index in [1.54, 1.807) is 23.1 Å². The number of aromatic nitrogens is 1. The summed E-state index contributed by atoms with van der Waals surface area (Å²) in [7, 11) is 4.10. The van der Waals surface area contributed by atoms with Crippen LogP contribution in [0.3, 0.4) is 0 Å². The number of pyridine rings is 1. The van der Waals surface area contributed by atoms with Crippen molar-refractivity contribution in [2.45, 2.75) is 12.8 Å². The Morgan fingerprint density at radius 2 is 1.83 bits per heavy atom. The molecular formula is C30H36FN7O3S. The van der Waals surface area contributed by atoms with Gasteiger partial charge in [-0.05, 0) is 63.0 Å². The molecule has 4 rings (SSSR count).